The Kier molecular flexibility index (Phi) is 34.1. The molecule has 0 aliphatic heterocycles. The highest BCUT2D eigenvalue weighted by Crippen LogP contribution is 2.18. The van der Waals surface area contributed by atoms with Crippen molar-refractivity contribution in [3.8, 4) is 0 Å². The van der Waals surface area contributed by atoms with Gasteiger partial charge in [-0.3, -0.25) is 9.59 Å². The van der Waals surface area contributed by atoms with E-state index in [0.29, 0.717) is 12.8 Å². The minimum Gasteiger partial charge on any atom is -0.481 e. The summed E-state index contributed by atoms with van der Waals surface area (Å²) in [5.74, 6) is -0.815. The van der Waals surface area contributed by atoms with Crippen LogP contribution in [0.1, 0.15) is 200 Å². The van der Waals surface area contributed by atoms with E-state index in [1.165, 1.54) is 103 Å². The molecule has 256 valence electrons. The molecule has 4 nitrogen and oxygen atoms in total. The van der Waals surface area contributed by atoms with Gasteiger partial charge in [-0.1, -0.05) is 153 Å². The number of aliphatic carboxylic acids is 1. The number of unbranched alkanes of at least 4 members (excludes halogenated alkanes) is 19. The highest BCUT2D eigenvalue weighted by Gasteiger charge is 2.14. The fraction of sp³-hybridized carbons (Fsp3) is 0.800. The van der Waals surface area contributed by atoms with E-state index in [1.54, 1.807) is 0 Å². The quantitative estimate of drug-likeness (QED) is 0.0444. The maximum absolute atomic E-state index is 12.5. The summed E-state index contributed by atoms with van der Waals surface area (Å²) in [6.07, 6.45) is 45.8. The molecule has 0 saturated carbocycles. The van der Waals surface area contributed by atoms with Crippen molar-refractivity contribution in [1.29, 1.82) is 0 Å². The average molecular weight is 617 g/mol. The molecule has 0 bridgehead atoms. The van der Waals surface area contributed by atoms with Crippen LogP contribution in [-0.4, -0.2) is 23.1 Å². The Hall–Kier alpha value is -1.84. The maximum Gasteiger partial charge on any atom is 0.306 e. The van der Waals surface area contributed by atoms with Crippen LogP contribution in [0.3, 0.4) is 0 Å². The van der Waals surface area contributed by atoms with Crippen LogP contribution < -0.4 is 0 Å². The third kappa shape index (κ3) is 34.6. The van der Waals surface area contributed by atoms with Gasteiger partial charge in [0.15, 0.2) is 0 Å². The van der Waals surface area contributed by atoms with E-state index in [0.717, 1.165) is 64.2 Å². The second-order valence-corrected chi connectivity index (χ2v) is 12.7. The Morgan fingerprint density at radius 1 is 0.523 bits per heavy atom. The zero-order valence-electron chi connectivity index (χ0n) is 29.2. The van der Waals surface area contributed by atoms with Gasteiger partial charge in [-0.15, -0.1) is 0 Å². The molecule has 0 saturated heterocycles. The molecule has 0 aromatic rings. The normalized spacial score (nSPS) is 12.6. The van der Waals surface area contributed by atoms with Crippen molar-refractivity contribution in [2.24, 2.45) is 0 Å². The molecule has 4 heteroatoms. The van der Waals surface area contributed by atoms with E-state index in [4.69, 9.17) is 9.84 Å². The van der Waals surface area contributed by atoms with E-state index in [-0.39, 0.29) is 18.5 Å². The van der Waals surface area contributed by atoms with Crippen molar-refractivity contribution >= 4 is 11.9 Å². The Bertz CT molecular complexity index is 708. The molecule has 0 fully saturated rings. The SMILES string of the molecule is CC/C=C\C/C=C\C/C=C\CCCCCCCC(=O)OC(CCCCCCCCCCCCCCCC)CCCCC(=O)O. The fourth-order valence-corrected chi connectivity index (χ4v) is 5.61. The van der Waals surface area contributed by atoms with Crippen LogP contribution in [0, 0.1) is 0 Å². The third-order valence-corrected chi connectivity index (χ3v) is 8.38. The number of hydrogen-bond donors (Lipinski definition) is 1. The lowest BCUT2D eigenvalue weighted by Crippen LogP contribution is -2.18. The van der Waals surface area contributed by atoms with Crippen molar-refractivity contribution in [3.05, 3.63) is 36.5 Å². The van der Waals surface area contributed by atoms with Crippen molar-refractivity contribution in [2.45, 2.75) is 206 Å². The minimum atomic E-state index is -0.746. The Labute approximate surface area is 273 Å². The van der Waals surface area contributed by atoms with Crippen LogP contribution in [-0.2, 0) is 14.3 Å². The molecule has 1 unspecified atom stereocenters. The lowest BCUT2D eigenvalue weighted by molar-refractivity contribution is -0.150. The van der Waals surface area contributed by atoms with Crippen molar-refractivity contribution in [3.63, 3.8) is 0 Å². The van der Waals surface area contributed by atoms with Crippen LogP contribution in [0.2, 0.25) is 0 Å². The van der Waals surface area contributed by atoms with E-state index in [1.807, 2.05) is 0 Å². The first kappa shape index (κ1) is 42.2. The van der Waals surface area contributed by atoms with Gasteiger partial charge in [0.05, 0.1) is 0 Å². The summed E-state index contributed by atoms with van der Waals surface area (Å²) in [4.78, 5) is 23.4. The molecular weight excluding hydrogens is 544 g/mol. The first-order valence-corrected chi connectivity index (χ1v) is 19.0. The van der Waals surface area contributed by atoms with Gasteiger partial charge in [-0.25, -0.2) is 0 Å². The number of hydrogen-bond acceptors (Lipinski definition) is 3. The molecule has 0 spiro atoms. The topological polar surface area (TPSA) is 63.6 Å². The molecule has 0 radical (unpaired) electrons. The molecule has 0 aliphatic carbocycles. The standard InChI is InChI=1S/C40H72O4/c1-3-5-7-9-11-13-15-17-19-21-23-25-27-29-31-37-40(43)44-38(35-32-33-36-39(41)42)34-30-28-26-24-22-20-18-16-14-12-10-8-6-4-2/h5,7,11,13,17,19,38H,3-4,6,8-10,12,14-16,18,20-37H2,1-2H3,(H,41,42)/b7-5-,13-11-,19-17-. The molecule has 0 amide bonds. The molecule has 0 heterocycles. The zero-order chi connectivity index (χ0) is 32.2. The third-order valence-electron chi connectivity index (χ3n) is 8.38. The van der Waals surface area contributed by atoms with Gasteiger partial charge in [0, 0.05) is 12.8 Å². The minimum absolute atomic E-state index is 0.0527. The summed E-state index contributed by atoms with van der Waals surface area (Å²) in [6, 6.07) is 0. The van der Waals surface area contributed by atoms with Gasteiger partial charge in [-0.2, -0.15) is 0 Å². The monoisotopic (exact) mass is 617 g/mol. The Morgan fingerprint density at radius 3 is 1.50 bits per heavy atom. The number of allylic oxidation sites excluding steroid dienone is 6. The summed E-state index contributed by atoms with van der Waals surface area (Å²) in [6.45, 7) is 4.43. The van der Waals surface area contributed by atoms with Gasteiger partial charge in [0.2, 0.25) is 0 Å². The molecule has 0 aromatic heterocycles. The molecule has 44 heavy (non-hydrogen) atoms. The van der Waals surface area contributed by atoms with Crippen LogP contribution >= 0.6 is 0 Å². The second kappa shape index (κ2) is 35.6. The Morgan fingerprint density at radius 2 is 0.955 bits per heavy atom. The maximum atomic E-state index is 12.5. The lowest BCUT2D eigenvalue weighted by atomic mass is 10.0. The molecule has 0 rings (SSSR count). The van der Waals surface area contributed by atoms with Crippen LogP contribution in [0.15, 0.2) is 36.5 Å². The molecule has 0 aliphatic rings. The number of ether oxygens (including phenoxy) is 1. The number of rotatable bonds is 34. The van der Waals surface area contributed by atoms with Gasteiger partial charge >= 0.3 is 11.9 Å². The fourth-order valence-electron chi connectivity index (χ4n) is 5.61. The van der Waals surface area contributed by atoms with Gasteiger partial charge < -0.3 is 9.84 Å². The van der Waals surface area contributed by atoms with E-state index >= 15 is 0 Å². The summed E-state index contributed by atoms with van der Waals surface area (Å²) in [7, 11) is 0. The highest BCUT2D eigenvalue weighted by molar-refractivity contribution is 5.69. The number of carboxylic acids is 1. The summed E-state index contributed by atoms with van der Waals surface area (Å²) in [5.41, 5.74) is 0. The van der Waals surface area contributed by atoms with Gasteiger partial charge in [0.25, 0.3) is 0 Å². The van der Waals surface area contributed by atoms with Crippen molar-refractivity contribution in [1.82, 2.24) is 0 Å². The zero-order valence-corrected chi connectivity index (χ0v) is 29.2. The van der Waals surface area contributed by atoms with Crippen LogP contribution in [0.5, 0.6) is 0 Å². The smallest absolute Gasteiger partial charge is 0.306 e. The van der Waals surface area contributed by atoms with E-state index < -0.39 is 5.97 Å². The molecule has 0 aromatic carbocycles. The highest BCUT2D eigenvalue weighted by atomic mass is 16.5. The van der Waals surface area contributed by atoms with Crippen molar-refractivity contribution in [2.75, 3.05) is 0 Å². The lowest BCUT2D eigenvalue weighted by Gasteiger charge is -2.18. The average Bonchev–Trinajstić information content (AvgIpc) is 3.01. The van der Waals surface area contributed by atoms with E-state index in [9.17, 15) is 9.59 Å². The summed E-state index contributed by atoms with van der Waals surface area (Å²) >= 11 is 0. The molecular formula is C40H72O4. The largest absolute Gasteiger partial charge is 0.481 e. The first-order valence-electron chi connectivity index (χ1n) is 19.0. The van der Waals surface area contributed by atoms with Crippen LogP contribution in [0.25, 0.3) is 0 Å². The molecule has 1 N–H and O–H groups in total. The van der Waals surface area contributed by atoms with Crippen LogP contribution in [0.4, 0.5) is 0 Å². The second-order valence-electron chi connectivity index (χ2n) is 12.7. The van der Waals surface area contributed by atoms with Gasteiger partial charge in [0.1, 0.15) is 6.10 Å². The predicted octanol–water partition coefficient (Wildman–Crippen LogP) is 13.0. The number of carbonyl (C=O) groups excluding carboxylic acids is 1. The first-order chi connectivity index (χ1) is 21.6. The summed E-state index contributed by atoms with van der Waals surface area (Å²) < 4.78 is 5.89. The number of carboxylic acid groups (broad SMARTS) is 1. The number of carbonyl (C=O) groups is 2. The van der Waals surface area contributed by atoms with Gasteiger partial charge in [-0.05, 0) is 70.6 Å². The Balaban J connectivity index is 3.93. The van der Waals surface area contributed by atoms with Crippen molar-refractivity contribution < 1.29 is 19.4 Å². The number of esters is 1. The summed E-state index contributed by atoms with van der Waals surface area (Å²) in [5, 5.41) is 8.94. The predicted molar refractivity (Wildman–Crippen MR) is 190 cm³/mol. The molecule has 1 atom stereocenters. The van der Waals surface area contributed by atoms with E-state index in [2.05, 4.69) is 50.3 Å².